The van der Waals surface area contributed by atoms with E-state index in [0.717, 1.165) is 10.4 Å². The number of hydrogen-bond acceptors (Lipinski definition) is 7. The second-order valence-electron chi connectivity index (χ2n) is 5.76. The lowest BCUT2D eigenvalue weighted by molar-refractivity contribution is -0.147. The molecule has 3 rings (SSSR count). The molecule has 0 aliphatic rings. The largest absolute Gasteiger partial charge is 0.459 e. The number of fused-ring (bicyclic) bond motifs is 1. The fourth-order valence-corrected chi connectivity index (χ4v) is 3.42. The van der Waals surface area contributed by atoms with Crippen LogP contribution in [0.4, 0.5) is 0 Å². The molecule has 0 aromatic carbocycles. The SMILES string of the molecule is Cc1sc2nc(COC(=O)[C@H](C)NC(=O)c3ccco3)[nH]c(=O)c2c1C. The van der Waals surface area contributed by atoms with E-state index < -0.39 is 17.9 Å². The van der Waals surface area contributed by atoms with Crippen LogP contribution in [-0.2, 0) is 16.1 Å². The summed E-state index contributed by atoms with van der Waals surface area (Å²) in [5, 5.41) is 3.03. The van der Waals surface area contributed by atoms with Crippen molar-refractivity contribution in [2.75, 3.05) is 0 Å². The van der Waals surface area contributed by atoms with Gasteiger partial charge in [0.15, 0.2) is 5.76 Å². The van der Waals surface area contributed by atoms with Crippen molar-refractivity contribution in [3.63, 3.8) is 0 Å². The van der Waals surface area contributed by atoms with E-state index in [0.29, 0.717) is 10.2 Å². The smallest absolute Gasteiger partial charge is 0.328 e. The number of furan rings is 1. The predicted molar refractivity (Wildman–Crippen MR) is 95.1 cm³/mol. The highest BCUT2D eigenvalue weighted by molar-refractivity contribution is 7.18. The summed E-state index contributed by atoms with van der Waals surface area (Å²) < 4.78 is 10.1. The van der Waals surface area contributed by atoms with Crippen LogP contribution in [0.5, 0.6) is 0 Å². The van der Waals surface area contributed by atoms with Crippen molar-refractivity contribution in [2.24, 2.45) is 0 Å². The number of nitrogens with one attached hydrogen (secondary N) is 2. The molecule has 26 heavy (non-hydrogen) atoms. The Morgan fingerprint density at radius 3 is 2.88 bits per heavy atom. The van der Waals surface area contributed by atoms with Gasteiger partial charge in [0.25, 0.3) is 11.5 Å². The van der Waals surface area contributed by atoms with Gasteiger partial charge in [0.05, 0.1) is 11.6 Å². The summed E-state index contributed by atoms with van der Waals surface area (Å²) in [5.41, 5.74) is 0.638. The zero-order chi connectivity index (χ0) is 18.8. The second kappa shape index (κ2) is 7.12. The summed E-state index contributed by atoms with van der Waals surface area (Å²) in [6.07, 6.45) is 1.37. The zero-order valence-electron chi connectivity index (χ0n) is 14.4. The third-order valence-corrected chi connectivity index (χ3v) is 4.99. The van der Waals surface area contributed by atoms with E-state index in [1.807, 2.05) is 13.8 Å². The molecule has 0 radical (unpaired) electrons. The molecule has 9 heteroatoms. The topological polar surface area (TPSA) is 114 Å². The number of carbonyl (C=O) groups excluding carboxylic acids is 2. The third kappa shape index (κ3) is 3.52. The van der Waals surface area contributed by atoms with Gasteiger partial charge in [-0.2, -0.15) is 0 Å². The minimum atomic E-state index is -0.880. The highest BCUT2D eigenvalue weighted by Crippen LogP contribution is 2.25. The summed E-state index contributed by atoms with van der Waals surface area (Å²) in [6, 6.07) is 2.18. The van der Waals surface area contributed by atoms with Gasteiger partial charge in [-0.15, -0.1) is 11.3 Å². The van der Waals surface area contributed by atoms with Crippen molar-refractivity contribution in [1.82, 2.24) is 15.3 Å². The van der Waals surface area contributed by atoms with E-state index in [-0.39, 0.29) is 23.8 Å². The zero-order valence-corrected chi connectivity index (χ0v) is 15.2. The summed E-state index contributed by atoms with van der Waals surface area (Å²) in [7, 11) is 0. The molecule has 0 aliphatic carbocycles. The second-order valence-corrected chi connectivity index (χ2v) is 6.96. The number of H-pyrrole nitrogens is 1. The maximum atomic E-state index is 12.2. The first-order valence-corrected chi connectivity index (χ1v) is 8.68. The summed E-state index contributed by atoms with van der Waals surface area (Å²) >= 11 is 1.42. The van der Waals surface area contributed by atoms with Crippen molar-refractivity contribution in [3.05, 3.63) is 50.8 Å². The molecule has 0 unspecified atom stereocenters. The lowest BCUT2D eigenvalue weighted by Gasteiger charge is -2.12. The van der Waals surface area contributed by atoms with Crippen LogP contribution < -0.4 is 10.9 Å². The van der Waals surface area contributed by atoms with Crippen LogP contribution in [0, 0.1) is 13.8 Å². The van der Waals surface area contributed by atoms with Crippen molar-refractivity contribution in [1.29, 1.82) is 0 Å². The van der Waals surface area contributed by atoms with Crippen molar-refractivity contribution < 1.29 is 18.7 Å². The van der Waals surface area contributed by atoms with Gasteiger partial charge in [-0.05, 0) is 38.5 Å². The number of ether oxygens (including phenoxy) is 1. The molecule has 0 saturated heterocycles. The highest BCUT2D eigenvalue weighted by atomic mass is 32.1. The molecule has 0 bridgehead atoms. The summed E-state index contributed by atoms with van der Waals surface area (Å²) in [4.78, 5) is 44.7. The highest BCUT2D eigenvalue weighted by Gasteiger charge is 2.20. The Labute approximate surface area is 152 Å². The molecular weight excluding hydrogens is 358 g/mol. The van der Waals surface area contributed by atoms with Crippen LogP contribution in [-0.4, -0.2) is 27.9 Å². The van der Waals surface area contributed by atoms with E-state index in [1.54, 1.807) is 6.07 Å². The fraction of sp³-hybridized carbons (Fsp3) is 0.294. The van der Waals surface area contributed by atoms with Crippen LogP contribution in [0.3, 0.4) is 0 Å². The Kier molecular flexibility index (Phi) is 4.90. The number of aromatic amines is 1. The number of amides is 1. The number of esters is 1. The number of carbonyl (C=O) groups is 2. The predicted octanol–water partition coefficient (Wildman–Crippen LogP) is 2.06. The lowest BCUT2D eigenvalue weighted by atomic mass is 10.2. The van der Waals surface area contributed by atoms with Gasteiger partial charge in [-0.3, -0.25) is 9.59 Å². The van der Waals surface area contributed by atoms with Gasteiger partial charge < -0.3 is 19.5 Å². The van der Waals surface area contributed by atoms with Crippen LogP contribution >= 0.6 is 11.3 Å². The van der Waals surface area contributed by atoms with Gasteiger partial charge in [-0.1, -0.05) is 0 Å². The first kappa shape index (κ1) is 17.9. The molecule has 0 spiro atoms. The molecule has 1 amide bonds. The molecule has 1 atom stereocenters. The van der Waals surface area contributed by atoms with Gasteiger partial charge in [0.1, 0.15) is 23.3 Å². The summed E-state index contributed by atoms with van der Waals surface area (Å²) in [6.45, 7) is 5.09. The quantitative estimate of drug-likeness (QED) is 0.660. The molecule has 3 aromatic heterocycles. The van der Waals surface area contributed by atoms with E-state index in [2.05, 4.69) is 15.3 Å². The lowest BCUT2D eigenvalue weighted by Crippen LogP contribution is -2.39. The number of nitrogens with zero attached hydrogens (tertiary/aromatic N) is 1. The first-order chi connectivity index (χ1) is 12.4. The molecule has 3 aromatic rings. The average molecular weight is 375 g/mol. The van der Waals surface area contributed by atoms with Gasteiger partial charge in [-0.25, -0.2) is 9.78 Å². The maximum absolute atomic E-state index is 12.2. The Morgan fingerprint density at radius 1 is 1.42 bits per heavy atom. The minimum absolute atomic E-state index is 0.101. The average Bonchev–Trinajstić information content (AvgIpc) is 3.22. The number of aromatic nitrogens is 2. The molecule has 136 valence electrons. The standard InChI is InChI=1S/C17H17N3O5S/c1-8-10(3)26-16-13(8)15(22)19-12(20-16)7-25-17(23)9(2)18-14(21)11-5-4-6-24-11/h4-6,9H,7H2,1-3H3,(H,18,21)(H,19,20,22)/t9-/m0/s1. The molecule has 0 aliphatic heterocycles. The van der Waals surface area contributed by atoms with Crippen LogP contribution in [0.2, 0.25) is 0 Å². The number of aryl methyl sites for hydroxylation is 2. The first-order valence-electron chi connectivity index (χ1n) is 7.86. The Bertz CT molecular complexity index is 1020. The van der Waals surface area contributed by atoms with Crippen molar-refractivity contribution >= 4 is 33.4 Å². The molecule has 2 N–H and O–H groups in total. The van der Waals surface area contributed by atoms with E-state index in [4.69, 9.17) is 9.15 Å². The maximum Gasteiger partial charge on any atom is 0.328 e. The van der Waals surface area contributed by atoms with E-state index >= 15 is 0 Å². The monoisotopic (exact) mass is 375 g/mol. The number of rotatable bonds is 5. The van der Waals surface area contributed by atoms with Crippen LogP contribution in [0.1, 0.15) is 33.7 Å². The third-order valence-electron chi connectivity index (χ3n) is 3.89. The minimum Gasteiger partial charge on any atom is -0.459 e. The normalized spacial score (nSPS) is 12.1. The molecule has 0 saturated carbocycles. The molecule has 0 fully saturated rings. The van der Waals surface area contributed by atoms with E-state index in [9.17, 15) is 14.4 Å². The Balaban J connectivity index is 1.65. The molecule has 3 heterocycles. The van der Waals surface area contributed by atoms with Crippen LogP contribution in [0.15, 0.2) is 27.6 Å². The summed E-state index contributed by atoms with van der Waals surface area (Å²) in [5.74, 6) is -0.811. The van der Waals surface area contributed by atoms with Gasteiger partial charge in [0.2, 0.25) is 0 Å². The van der Waals surface area contributed by atoms with Gasteiger partial charge >= 0.3 is 5.97 Å². The molecular formula is C17H17N3O5S. The Morgan fingerprint density at radius 2 is 2.19 bits per heavy atom. The Hall–Kier alpha value is -2.94. The molecule has 8 nitrogen and oxygen atoms in total. The van der Waals surface area contributed by atoms with E-state index in [1.165, 1.54) is 30.6 Å². The van der Waals surface area contributed by atoms with Gasteiger partial charge in [0, 0.05) is 4.88 Å². The van der Waals surface area contributed by atoms with Crippen LogP contribution in [0.25, 0.3) is 10.2 Å². The number of hydrogen-bond donors (Lipinski definition) is 2. The van der Waals surface area contributed by atoms with Crippen molar-refractivity contribution in [3.8, 4) is 0 Å². The van der Waals surface area contributed by atoms with Crippen molar-refractivity contribution in [2.45, 2.75) is 33.4 Å². The number of thiophene rings is 1. The fourth-order valence-electron chi connectivity index (χ4n) is 2.37.